The topological polar surface area (TPSA) is 96.3 Å². The molecule has 2 amide bonds. The molecule has 1 aromatic heterocycles. The highest BCUT2D eigenvalue weighted by atomic mass is 16.3. The van der Waals surface area contributed by atoms with Crippen LogP contribution in [0.2, 0.25) is 0 Å². The Labute approximate surface area is 181 Å². The average Bonchev–Trinajstić information content (AvgIpc) is 3.13. The van der Waals surface area contributed by atoms with Crippen molar-refractivity contribution in [3.05, 3.63) is 65.4 Å². The molecule has 7 nitrogen and oxygen atoms in total. The highest BCUT2D eigenvalue weighted by Gasteiger charge is 2.27. The number of hydrogen-bond acceptors (Lipinski definition) is 4. The van der Waals surface area contributed by atoms with E-state index in [2.05, 4.69) is 15.7 Å². The summed E-state index contributed by atoms with van der Waals surface area (Å²) in [5.41, 5.74) is 3.82. The molecule has 0 bridgehead atoms. The standard InChI is InChI=1S/C24H26N4O3/c1-3-25-24(31)28-21(16-8-6-9-16)14-20(27-28)19-13-17(11-12-22(19)29)26-23(30)18-10-5-4-7-15(18)2/h4-5,7,10-14,16,29H,3,6,8-9H2,1-2H3,(H,25,31)(H,26,30). The van der Waals surface area contributed by atoms with Crippen molar-refractivity contribution in [2.45, 2.75) is 39.0 Å². The molecule has 31 heavy (non-hydrogen) atoms. The number of phenols is 1. The van der Waals surface area contributed by atoms with E-state index in [1.807, 2.05) is 38.1 Å². The van der Waals surface area contributed by atoms with Gasteiger partial charge in [-0.05, 0) is 62.6 Å². The fraction of sp³-hybridized carbons (Fsp3) is 0.292. The molecule has 1 aliphatic rings. The number of rotatable bonds is 5. The fourth-order valence-corrected chi connectivity index (χ4v) is 3.76. The van der Waals surface area contributed by atoms with E-state index in [1.165, 1.54) is 10.7 Å². The van der Waals surface area contributed by atoms with E-state index in [0.717, 1.165) is 30.5 Å². The minimum Gasteiger partial charge on any atom is -0.507 e. The van der Waals surface area contributed by atoms with Gasteiger partial charge in [-0.2, -0.15) is 9.78 Å². The van der Waals surface area contributed by atoms with E-state index in [-0.39, 0.29) is 23.6 Å². The van der Waals surface area contributed by atoms with Gasteiger partial charge in [0.15, 0.2) is 0 Å². The molecule has 0 saturated heterocycles. The van der Waals surface area contributed by atoms with Crippen LogP contribution >= 0.6 is 0 Å². The van der Waals surface area contributed by atoms with Gasteiger partial charge in [-0.25, -0.2) is 4.79 Å². The maximum absolute atomic E-state index is 12.7. The van der Waals surface area contributed by atoms with E-state index >= 15 is 0 Å². The number of aryl methyl sites for hydroxylation is 1. The first-order chi connectivity index (χ1) is 15.0. The van der Waals surface area contributed by atoms with Gasteiger partial charge < -0.3 is 15.7 Å². The number of aromatic hydroxyl groups is 1. The summed E-state index contributed by atoms with van der Waals surface area (Å²) in [6.07, 6.45) is 3.17. The van der Waals surface area contributed by atoms with E-state index in [9.17, 15) is 14.7 Å². The van der Waals surface area contributed by atoms with Gasteiger partial charge in [-0.1, -0.05) is 24.6 Å². The Morgan fingerprint density at radius 2 is 1.94 bits per heavy atom. The summed E-state index contributed by atoms with van der Waals surface area (Å²) < 4.78 is 1.40. The van der Waals surface area contributed by atoms with Crippen molar-refractivity contribution in [3.8, 4) is 17.0 Å². The molecule has 3 aromatic rings. The second-order valence-electron chi connectivity index (χ2n) is 7.83. The summed E-state index contributed by atoms with van der Waals surface area (Å²) in [4.78, 5) is 25.2. The van der Waals surface area contributed by atoms with Crippen LogP contribution in [-0.2, 0) is 0 Å². The van der Waals surface area contributed by atoms with Crippen molar-refractivity contribution >= 4 is 17.6 Å². The first kappa shape index (κ1) is 20.7. The van der Waals surface area contributed by atoms with Crippen LogP contribution in [0.1, 0.15) is 53.7 Å². The summed E-state index contributed by atoms with van der Waals surface area (Å²) in [5.74, 6) is 0.0993. The quantitative estimate of drug-likeness (QED) is 0.525. The number of aromatic nitrogens is 2. The minimum absolute atomic E-state index is 0.0367. The fourth-order valence-electron chi connectivity index (χ4n) is 3.76. The molecule has 0 spiro atoms. The number of amides is 2. The van der Waals surface area contributed by atoms with Crippen LogP contribution in [0.25, 0.3) is 11.3 Å². The first-order valence-electron chi connectivity index (χ1n) is 10.6. The molecular weight excluding hydrogens is 392 g/mol. The molecule has 1 heterocycles. The number of carbonyl (C=O) groups is 2. The lowest BCUT2D eigenvalue weighted by Gasteiger charge is -2.25. The molecule has 0 radical (unpaired) electrons. The predicted octanol–water partition coefficient (Wildman–Crippen LogP) is 4.66. The van der Waals surface area contributed by atoms with Gasteiger partial charge in [-0.3, -0.25) is 4.79 Å². The predicted molar refractivity (Wildman–Crippen MR) is 120 cm³/mol. The lowest BCUT2D eigenvalue weighted by molar-refractivity contribution is 0.102. The van der Waals surface area contributed by atoms with Gasteiger partial charge in [-0.15, -0.1) is 0 Å². The Morgan fingerprint density at radius 3 is 2.61 bits per heavy atom. The van der Waals surface area contributed by atoms with Crippen molar-refractivity contribution in [2.24, 2.45) is 0 Å². The Bertz CT molecular complexity index is 1130. The zero-order valence-corrected chi connectivity index (χ0v) is 17.7. The van der Waals surface area contributed by atoms with Crippen molar-refractivity contribution in [1.82, 2.24) is 15.1 Å². The summed E-state index contributed by atoms with van der Waals surface area (Å²) >= 11 is 0. The number of carbonyl (C=O) groups excluding carboxylic acids is 2. The molecule has 0 aliphatic heterocycles. The largest absolute Gasteiger partial charge is 0.507 e. The third-order valence-corrected chi connectivity index (χ3v) is 5.70. The number of phenolic OH excluding ortho intramolecular Hbond substituents is 1. The molecule has 0 unspecified atom stereocenters. The smallest absolute Gasteiger partial charge is 0.342 e. The Kier molecular flexibility index (Phi) is 5.75. The average molecular weight is 418 g/mol. The SMILES string of the molecule is CCNC(=O)n1nc(-c2cc(NC(=O)c3ccccc3C)ccc2O)cc1C1CCC1. The van der Waals surface area contributed by atoms with Crippen molar-refractivity contribution < 1.29 is 14.7 Å². The Hall–Kier alpha value is -3.61. The van der Waals surface area contributed by atoms with Crippen molar-refractivity contribution in [2.75, 3.05) is 11.9 Å². The van der Waals surface area contributed by atoms with Crippen LogP contribution in [0.4, 0.5) is 10.5 Å². The lowest BCUT2D eigenvalue weighted by Crippen LogP contribution is -2.31. The highest BCUT2D eigenvalue weighted by molar-refractivity contribution is 6.05. The zero-order chi connectivity index (χ0) is 22.0. The lowest BCUT2D eigenvalue weighted by atomic mass is 9.82. The molecule has 3 N–H and O–H groups in total. The normalized spacial score (nSPS) is 13.5. The molecule has 4 rings (SSSR count). The maximum Gasteiger partial charge on any atom is 0.342 e. The van der Waals surface area contributed by atoms with Gasteiger partial charge in [0.25, 0.3) is 5.91 Å². The van der Waals surface area contributed by atoms with E-state index in [1.54, 1.807) is 18.2 Å². The number of nitrogens with zero attached hydrogens (tertiary/aromatic N) is 2. The van der Waals surface area contributed by atoms with Gasteiger partial charge >= 0.3 is 6.03 Å². The second-order valence-corrected chi connectivity index (χ2v) is 7.83. The first-order valence-corrected chi connectivity index (χ1v) is 10.6. The number of benzene rings is 2. The third-order valence-electron chi connectivity index (χ3n) is 5.70. The summed E-state index contributed by atoms with van der Waals surface area (Å²) in [5, 5.41) is 20.6. The van der Waals surface area contributed by atoms with Crippen LogP contribution in [0.15, 0.2) is 48.5 Å². The monoisotopic (exact) mass is 418 g/mol. The molecule has 2 aromatic carbocycles. The van der Waals surface area contributed by atoms with Crippen molar-refractivity contribution in [1.29, 1.82) is 0 Å². The van der Waals surface area contributed by atoms with Gasteiger partial charge in [0.05, 0.1) is 11.4 Å². The van der Waals surface area contributed by atoms with Crippen molar-refractivity contribution in [3.63, 3.8) is 0 Å². The molecule has 1 saturated carbocycles. The molecule has 7 heteroatoms. The maximum atomic E-state index is 12.7. The molecule has 1 aliphatic carbocycles. The summed E-state index contributed by atoms with van der Waals surface area (Å²) in [6.45, 7) is 4.24. The van der Waals surface area contributed by atoms with Crippen LogP contribution in [0, 0.1) is 6.92 Å². The second kappa shape index (κ2) is 8.63. The van der Waals surface area contributed by atoms with Crippen LogP contribution in [0.3, 0.4) is 0 Å². The molecule has 0 atom stereocenters. The van der Waals surface area contributed by atoms with Gasteiger partial charge in [0.2, 0.25) is 0 Å². The number of hydrogen-bond donors (Lipinski definition) is 3. The van der Waals surface area contributed by atoms with Gasteiger partial charge in [0, 0.05) is 29.3 Å². The van der Waals surface area contributed by atoms with Crippen LogP contribution in [-0.4, -0.2) is 33.4 Å². The Balaban J connectivity index is 1.66. The van der Waals surface area contributed by atoms with Crippen LogP contribution in [0.5, 0.6) is 5.75 Å². The minimum atomic E-state index is -0.279. The molecule has 160 valence electrons. The third kappa shape index (κ3) is 4.17. The highest BCUT2D eigenvalue weighted by Crippen LogP contribution is 2.39. The number of nitrogens with one attached hydrogen (secondary N) is 2. The summed E-state index contributed by atoms with van der Waals surface area (Å²) in [6, 6.07) is 13.8. The van der Waals surface area contributed by atoms with Crippen LogP contribution < -0.4 is 10.6 Å². The van der Waals surface area contributed by atoms with E-state index < -0.39 is 0 Å². The number of anilines is 1. The van der Waals surface area contributed by atoms with E-state index in [0.29, 0.717) is 29.1 Å². The zero-order valence-electron chi connectivity index (χ0n) is 17.7. The molecular formula is C24H26N4O3. The molecule has 1 fully saturated rings. The Morgan fingerprint density at radius 1 is 1.16 bits per heavy atom. The van der Waals surface area contributed by atoms with Gasteiger partial charge in [0.1, 0.15) is 5.75 Å². The summed E-state index contributed by atoms with van der Waals surface area (Å²) in [7, 11) is 0. The van der Waals surface area contributed by atoms with E-state index in [4.69, 9.17) is 0 Å².